The van der Waals surface area contributed by atoms with Gasteiger partial charge in [-0.1, -0.05) is 5.16 Å². The van der Waals surface area contributed by atoms with Crippen molar-refractivity contribution >= 4 is 17.0 Å². The maximum absolute atomic E-state index is 5.74. The summed E-state index contributed by atoms with van der Waals surface area (Å²) in [5.41, 5.74) is 6.41. The molecule has 80 valence electrons. The fourth-order valence-corrected chi connectivity index (χ4v) is 1.87. The number of hydrogen-bond donors (Lipinski definition) is 1. The minimum Gasteiger partial charge on any atom is -0.397 e. The molecule has 0 aliphatic heterocycles. The van der Waals surface area contributed by atoms with E-state index in [1.165, 1.54) is 11.3 Å². The van der Waals surface area contributed by atoms with E-state index in [0.29, 0.717) is 30.4 Å². The van der Waals surface area contributed by atoms with E-state index in [4.69, 9.17) is 15.0 Å². The van der Waals surface area contributed by atoms with E-state index in [9.17, 15) is 0 Å². The van der Waals surface area contributed by atoms with Gasteiger partial charge in [-0.2, -0.15) is 4.98 Å². The number of nitrogens with zero attached hydrogens (tertiary/aromatic N) is 2. The predicted molar refractivity (Wildman–Crippen MR) is 57.6 cm³/mol. The lowest BCUT2D eigenvalue weighted by atomic mass is 10.4. The standard InChI is InChI=1S/C9H11N3O2S/c1-13-4-2-7-11-9(14-12-7)8-6(10)3-5-15-8/h3,5H,2,4,10H2,1H3. The third kappa shape index (κ3) is 2.16. The highest BCUT2D eigenvalue weighted by molar-refractivity contribution is 7.14. The minimum atomic E-state index is 0.480. The Morgan fingerprint density at radius 1 is 1.60 bits per heavy atom. The zero-order valence-electron chi connectivity index (χ0n) is 8.27. The van der Waals surface area contributed by atoms with Crippen LogP contribution in [0.25, 0.3) is 10.8 Å². The lowest BCUT2D eigenvalue weighted by Gasteiger charge is -1.91. The first kappa shape index (κ1) is 10.1. The Morgan fingerprint density at radius 2 is 2.47 bits per heavy atom. The number of anilines is 1. The van der Waals surface area contributed by atoms with Crippen LogP contribution in [0.15, 0.2) is 16.0 Å². The maximum atomic E-state index is 5.74. The van der Waals surface area contributed by atoms with Crippen molar-refractivity contribution in [3.8, 4) is 10.8 Å². The van der Waals surface area contributed by atoms with Crippen molar-refractivity contribution in [2.45, 2.75) is 6.42 Å². The van der Waals surface area contributed by atoms with Crippen molar-refractivity contribution < 1.29 is 9.26 Å². The van der Waals surface area contributed by atoms with Crippen LogP contribution in [0.3, 0.4) is 0 Å². The average molecular weight is 225 g/mol. The fourth-order valence-electron chi connectivity index (χ4n) is 1.13. The highest BCUT2D eigenvalue weighted by Gasteiger charge is 2.12. The smallest absolute Gasteiger partial charge is 0.270 e. The van der Waals surface area contributed by atoms with E-state index in [2.05, 4.69) is 10.1 Å². The second-order valence-corrected chi connectivity index (χ2v) is 3.88. The molecule has 0 unspecified atom stereocenters. The Morgan fingerprint density at radius 3 is 3.13 bits per heavy atom. The van der Waals surface area contributed by atoms with Crippen LogP contribution in [0.4, 0.5) is 5.69 Å². The van der Waals surface area contributed by atoms with Crippen molar-refractivity contribution in [2.24, 2.45) is 0 Å². The van der Waals surface area contributed by atoms with Crippen LogP contribution in [0.2, 0.25) is 0 Å². The summed E-state index contributed by atoms with van der Waals surface area (Å²) in [5, 5.41) is 5.73. The van der Waals surface area contributed by atoms with Crippen LogP contribution < -0.4 is 5.73 Å². The second-order valence-electron chi connectivity index (χ2n) is 2.96. The molecule has 2 rings (SSSR count). The summed E-state index contributed by atoms with van der Waals surface area (Å²) in [6.45, 7) is 0.582. The fraction of sp³-hybridized carbons (Fsp3) is 0.333. The van der Waals surface area contributed by atoms with Gasteiger partial charge in [-0.25, -0.2) is 0 Å². The molecule has 6 heteroatoms. The van der Waals surface area contributed by atoms with Crippen LogP contribution >= 0.6 is 11.3 Å². The van der Waals surface area contributed by atoms with Gasteiger partial charge in [0, 0.05) is 13.5 Å². The third-order valence-corrected chi connectivity index (χ3v) is 2.81. The molecule has 0 aromatic carbocycles. The quantitative estimate of drug-likeness (QED) is 0.854. The zero-order chi connectivity index (χ0) is 10.7. The van der Waals surface area contributed by atoms with Gasteiger partial charge in [0.25, 0.3) is 5.89 Å². The van der Waals surface area contributed by atoms with Crippen LogP contribution in [-0.2, 0) is 11.2 Å². The first-order valence-corrected chi connectivity index (χ1v) is 5.34. The molecule has 2 N–H and O–H groups in total. The van der Waals surface area contributed by atoms with Gasteiger partial charge in [-0.15, -0.1) is 11.3 Å². The van der Waals surface area contributed by atoms with Gasteiger partial charge in [0.2, 0.25) is 0 Å². The lowest BCUT2D eigenvalue weighted by molar-refractivity contribution is 0.199. The monoisotopic (exact) mass is 225 g/mol. The molecule has 15 heavy (non-hydrogen) atoms. The molecule has 0 amide bonds. The summed E-state index contributed by atoms with van der Waals surface area (Å²) < 4.78 is 10.0. The third-order valence-electron chi connectivity index (χ3n) is 1.89. The molecular weight excluding hydrogens is 214 g/mol. The van der Waals surface area contributed by atoms with Gasteiger partial charge >= 0.3 is 0 Å². The Hall–Kier alpha value is -1.40. The van der Waals surface area contributed by atoms with Gasteiger partial charge < -0.3 is 15.0 Å². The molecule has 0 bridgehead atoms. The largest absolute Gasteiger partial charge is 0.397 e. The molecule has 0 aliphatic carbocycles. The zero-order valence-corrected chi connectivity index (χ0v) is 9.08. The first-order valence-electron chi connectivity index (χ1n) is 4.46. The van der Waals surface area contributed by atoms with Crippen molar-refractivity contribution in [3.05, 3.63) is 17.3 Å². The van der Waals surface area contributed by atoms with Gasteiger partial charge in [-0.05, 0) is 11.4 Å². The van der Waals surface area contributed by atoms with E-state index < -0.39 is 0 Å². The van der Waals surface area contributed by atoms with E-state index in [1.54, 1.807) is 7.11 Å². The van der Waals surface area contributed by atoms with Gasteiger partial charge in [0.15, 0.2) is 5.82 Å². The summed E-state index contributed by atoms with van der Waals surface area (Å²) in [6, 6.07) is 1.82. The molecule has 2 heterocycles. The molecule has 0 saturated heterocycles. The Balaban J connectivity index is 2.17. The molecule has 0 spiro atoms. The van der Waals surface area contributed by atoms with Crippen molar-refractivity contribution in [2.75, 3.05) is 19.5 Å². The summed E-state index contributed by atoms with van der Waals surface area (Å²) >= 11 is 1.49. The van der Waals surface area contributed by atoms with Crippen molar-refractivity contribution in [1.29, 1.82) is 0 Å². The average Bonchev–Trinajstić information content (AvgIpc) is 2.83. The van der Waals surface area contributed by atoms with Crippen molar-refractivity contribution in [1.82, 2.24) is 10.1 Å². The first-order chi connectivity index (χ1) is 7.31. The highest BCUT2D eigenvalue weighted by Crippen LogP contribution is 2.29. The molecule has 0 atom stereocenters. The molecule has 0 aliphatic rings. The summed E-state index contributed by atoms with van der Waals surface area (Å²) in [6.07, 6.45) is 0.644. The Labute approximate surface area is 90.9 Å². The summed E-state index contributed by atoms with van der Waals surface area (Å²) in [4.78, 5) is 5.05. The number of nitrogens with two attached hydrogens (primary N) is 1. The van der Waals surface area contributed by atoms with E-state index >= 15 is 0 Å². The highest BCUT2D eigenvalue weighted by atomic mass is 32.1. The van der Waals surface area contributed by atoms with Crippen LogP contribution in [0.5, 0.6) is 0 Å². The van der Waals surface area contributed by atoms with Crippen LogP contribution in [0, 0.1) is 0 Å². The molecule has 2 aromatic heterocycles. The molecule has 0 saturated carbocycles. The number of rotatable bonds is 4. The minimum absolute atomic E-state index is 0.480. The molecular formula is C9H11N3O2S. The maximum Gasteiger partial charge on any atom is 0.270 e. The van der Waals surface area contributed by atoms with Gasteiger partial charge in [-0.3, -0.25) is 0 Å². The normalized spacial score (nSPS) is 10.7. The summed E-state index contributed by atoms with van der Waals surface area (Å²) in [7, 11) is 1.64. The molecule has 0 fully saturated rings. The number of methoxy groups -OCH3 is 1. The number of thiophene rings is 1. The van der Waals surface area contributed by atoms with Crippen LogP contribution in [-0.4, -0.2) is 23.9 Å². The topological polar surface area (TPSA) is 74.2 Å². The number of aromatic nitrogens is 2. The predicted octanol–water partition coefficient (Wildman–Crippen LogP) is 1.57. The van der Waals surface area contributed by atoms with Crippen LogP contribution in [0.1, 0.15) is 5.82 Å². The number of hydrogen-bond acceptors (Lipinski definition) is 6. The van der Waals surface area contributed by atoms with Gasteiger partial charge in [0.1, 0.15) is 4.88 Å². The van der Waals surface area contributed by atoms with E-state index in [0.717, 1.165) is 4.88 Å². The second kappa shape index (κ2) is 4.41. The SMILES string of the molecule is COCCc1noc(-c2sccc2N)n1. The van der Waals surface area contributed by atoms with Gasteiger partial charge in [0.05, 0.1) is 12.3 Å². The lowest BCUT2D eigenvalue weighted by Crippen LogP contribution is -1.96. The Kier molecular flexibility index (Phi) is 2.98. The Bertz CT molecular complexity index is 438. The molecule has 5 nitrogen and oxygen atoms in total. The number of nitrogen functional groups attached to an aromatic ring is 1. The summed E-state index contributed by atoms with van der Waals surface area (Å²) in [5.74, 6) is 1.12. The molecule has 2 aromatic rings. The van der Waals surface area contributed by atoms with E-state index in [-0.39, 0.29) is 0 Å². The molecule has 0 radical (unpaired) electrons. The van der Waals surface area contributed by atoms with E-state index in [1.807, 2.05) is 11.4 Å². The number of ether oxygens (including phenoxy) is 1. The van der Waals surface area contributed by atoms with Crippen molar-refractivity contribution in [3.63, 3.8) is 0 Å².